The number of pyridine rings is 1. The number of hydrogen-bond acceptors (Lipinski definition) is 6. The van der Waals surface area contributed by atoms with Gasteiger partial charge in [-0.3, -0.25) is 9.78 Å². The molecule has 2 aromatic heterocycles. The Morgan fingerprint density at radius 1 is 1.21 bits per heavy atom. The summed E-state index contributed by atoms with van der Waals surface area (Å²) >= 11 is 0. The van der Waals surface area contributed by atoms with Crippen molar-refractivity contribution in [3.8, 4) is 11.2 Å². The smallest absolute Gasteiger partial charge is 0.272 e. The van der Waals surface area contributed by atoms with Gasteiger partial charge in [-0.25, -0.2) is 13.1 Å². The van der Waals surface area contributed by atoms with Gasteiger partial charge in [0.05, 0.1) is 17.5 Å². The van der Waals surface area contributed by atoms with E-state index in [1.54, 1.807) is 17.2 Å². The van der Waals surface area contributed by atoms with Crippen molar-refractivity contribution in [2.45, 2.75) is 12.3 Å². The summed E-state index contributed by atoms with van der Waals surface area (Å²) in [6.07, 6.45) is 9.68. The van der Waals surface area contributed by atoms with Crippen LogP contribution < -0.4 is 0 Å². The number of sulfone groups is 1. The Hall–Kier alpha value is -2.09. The summed E-state index contributed by atoms with van der Waals surface area (Å²) < 4.78 is 30.5. The molecule has 0 radical (unpaired) electrons. The Kier molecular flexibility index (Phi) is 6.22. The van der Waals surface area contributed by atoms with Crippen LogP contribution in [0, 0.1) is 11.2 Å². The summed E-state index contributed by atoms with van der Waals surface area (Å²) in [5, 5.41) is 8.23. The maximum atomic E-state index is 12.9. The first-order valence-corrected chi connectivity index (χ1v) is 14.1. The van der Waals surface area contributed by atoms with Crippen molar-refractivity contribution in [2.75, 3.05) is 51.3 Å². The number of carbonyl (C=O) groups excluding carboxylic acids is 1. The number of nitrogens with zero attached hydrogens (tertiary/aromatic N) is 4. The van der Waals surface area contributed by atoms with Crippen molar-refractivity contribution in [1.29, 1.82) is 0 Å². The summed E-state index contributed by atoms with van der Waals surface area (Å²) in [5.41, 5.74) is 1.27. The molecule has 3 rings (SSSR count). The van der Waals surface area contributed by atoms with Gasteiger partial charge in [0.1, 0.15) is 17.3 Å². The fourth-order valence-electron chi connectivity index (χ4n) is 2.91. The molecule has 1 saturated heterocycles. The van der Waals surface area contributed by atoms with Crippen molar-refractivity contribution < 1.29 is 17.9 Å². The van der Waals surface area contributed by atoms with E-state index in [1.807, 2.05) is 0 Å². The van der Waals surface area contributed by atoms with E-state index < -0.39 is 19.9 Å². The molecule has 0 aliphatic carbocycles. The highest BCUT2D eigenvalue weighted by Gasteiger charge is 2.21. The number of hydrogen-bond donors (Lipinski definition) is 0. The Bertz CT molecular complexity index is 1080. The Balaban J connectivity index is 2.06. The fraction of sp³-hybridized carbons (Fsp3) is 0.526. The summed E-state index contributed by atoms with van der Waals surface area (Å²) in [7, 11) is -4.41. The highest BCUT2D eigenvalue weighted by atomic mass is 32.3. The van der Waals surface area contributed by atoms with Crippen LogP contribution in [0.25, 0.3) is 10.9 Å². The van der Waals surface area contributed by atoms with Crippen molar-refractivity contribution in [2.24, 2.45) is 0 Å². The first-order chi connectivity index (χ1) is 13.5. The number of ether oxygens (including phenoxy) is 1. The zero-order valence-electron chi connectivity index (χ0n) is 17.1. The van der Waals surface area contributed by atoms with Gasteiger partial charge in [-0.15, -0.1) is 0 Å². The monoisotopic (exact) mass is 438 g/mol. The topological polar surface area (TPSA) is 94.4 Å². The van der Waals surface area contributed by atoms with Crippen molar-refractivity contribution in [3.63, 3.8) is 0 Å². The van der Waals surface area contributed by atoms with Gasteiger partial charge in [0.2, 0.25) is 0 Å². The average Bonchev–Trinajstić information content (AvgIpc) is 2.80. The molecule has 1 fully saturated rings. The Labute approximate surface area is 172 Å². The molecule has 0 N–H and O–H groups in total. The van der Waals surface area contributed by atoms with Crippen molar-refractivity contribution in [3.05, 3.63) is 23.7 Å². The Morgan fingerprint density at radius 2 is 1.97 bits per heavy atom. The molecule has 29 heavy (non-hydrogen) atoms. The number of amides is 1. The highest BCUT2D eigenvalue weighted by Crippen LogP contribution is 2.32. The molecule has 1 aliphatic rings. The number of fused-ring (bicyclic) bond motifs is 1. The zero-order chi connectivity index (χ0) is 21.2. The van der Waals surface area contributed by atoms with Crippen LogP contribution in [0.4, 0.5) is 0 Å². The maximum Gasteiger partial charge on any atom is 0.272 e. The molecule has 0 atom stereocenters. The van der Waals surface area contributed by atoms with E-state index >= 15 is 0 Å². The third-order valence-electron chi connectivity index (χ3n) is 4.20. The second-order valence-electron chi connectivity index (χ2n) is 7.81. The predicted octanol–water partition coefficient (Wildman–Crippen LogP) is 1.30. The summed E-state index contributed by atoms with van der Waals surface area (Å²) in [6.45, 7) is 2.24. The largest absolute Gasteiger partial charge is 0.380 e. The molecule has 0 bridgehead atoms. The van der Waals surface area contributed by atoms with E-state index in [0.29, 0.717) is 42.9 Å². The predicted molar refractivity (Wildman–Crippen MR) is 116 cm³/mol. The molecule has 3 heterocycles. The molecule has 1 amide bonds. The molecular weight excluding hydrogens is 412 g/mol. The van der Waals surface area contributed by atoms with E-state index in [-0.39, 0.29) is 17.5 Å². The lowest BCUT2D eigenvalue weighted by Crippen LogP contribution is -2.33. The van der Waals surface area contributed by atoms with Crippen LogP contribution in [0.15, 0.2) is 12.3 Å². The van der Waals surface area contributed by atoms with Gasteiger partial charge in [-0.05, 0) is 42.4 Å². The van der Waals surface area contributed by atoms with Crippen LogP contribution >= 0.6 is 10.0 Å². The third-order valence-corrected chi connectivity index (χ3v) is 5.63. The molecule has 1 aliphatic heterocycles. The normalized spacial score (nSPS) is 16.2. The van der Waals surface area contributed by atoms with Gasteiger partial charge in [0.25, 0.3) is 5.91 Å². The Morgan fingerprint density at radius 3 is 2.66 bits per heavy atom. The van der Waals surface area contributed by atoms with Gasteiger partial charge in [0, 0.05) is 32.1 Å². The van der Waals surface area contributed by atoms with Crippen molar-refractivity contribution >= 4 is 36.7 Å². The first-order valence-electron chi connectivity index (χ1n) is 9.16. The van der Waals surface area contributed by atoms with E-state index in [0.717, 1.165) is 12.7 Å². The number of rotatable bonds is 3. The lowest BCUT2D eigenvalue weighted by molar-refractivity contribution is 0.0735. The van der Waals surface area contributed by atoms with Crippen LogP contribution in [-0.2, 0) is 20.5 Å². The maximum absolute atomic E-state index is 12.9. The molecule has 0 aromatic carbocycles. The van der Waals surface area contributed by atoms with E-state index in [9.17, 15) is 13.2 Å². The van der Waals surface area contributed by atoms with Crippen LogP contribution in [0.5, 0.6) is 0 Å². The minimum Gasteiger partial charge on any atom is -0.380 e. The van der Waals surface area contributed by atoms with Crippen LogP contribution in [0.3, 0.4) is 0 Å². The van der Waals surface area contributed by atoms with E-state index in [1.165, 1.54) is 4.68 Å². The van der Waals surface area contributed by atoms with E-state index in [2.05, 4.69) is 40.0 Å². The van der Waals surface area contributed by atoms with Crippen molar-refractivity contribution in [1.82, 2.24) is 19.7 Å². The SMILES string of the molecule is CS(C)(C)C#Cc1nn(CS(C)(=O)=O)c2cc(C(=O)N3CCCOCC3)ncc12. The van der Waals surface area contributed by atoms with Gasteiger partial charge >= 0.3 is 0 Å². The highest BCUT2D eigenvalue weighted by molar-refractivity contribution is 8.35. The third kappa shape index (κ3) is 5.72. The second-order valence-corrected chi connectivity index (χ2v) is 13.8. The fourth-order valence-corrected chi connectivity index (χ4v) is 3.96. The number of carbonyl (C=O) groups is 1. The van der Waals surface area contributed by atoms with Crippen LogP contribution in [0.1, 0.15) is 22.6 Å². The molecule has 0 saturated carbocycles. The zero-order valence-corrected chi connectivity index (χ0v) is 18.8. The molecule has 8 nitrogen and oxygen atoms in total. The average molecular weight is 439 g/mol. The van der Waals surface area contributed by atoms with Gasteiger partial charge < -0.3 is 9.64 Å². The molecule has 158 valence electrons. The standard InChI is InChI=1S/C19H26N4O4S2/c1-28(2,3)11-6-16-15-13-20-17(19(24)22-7-5-9-27-10-8-22)12-18(15)23(21-16)14-29(4,25)26/h12-13H,5,7-10,14H2,1-4H3. The molecule has 0 spiro atoms. The minimum absolute atomic E-state index is 0.198. The van der Waals surface area contributed by atoms with E-state index in [4.69, 9.17) is 4.74 Å². The molecule has 10 heteroatoms. The summed E-state index contributed by atoms with van der Waals surface area (Å²) in [6, 6.07) is 1.61. The molecular formula is C19H26N4O4S2. The summed E-state index contributed by atoms with van der Waals surface area (Å²) in [5.74, 6) is 2.58. The van der Waals surface area contributed by atoms with Gasteiger partial charge in [0.15, 0.2) is 9.84 Å². The lowest BCUT2D eigenvalue weighted by Gasteiger charge is -2.19. The minimum atomic E-state index is -3.33. The second kappa shape index (κ2) is 8.34. The molecule has 2 aromatic rings. The summed E-state index contributed by atoms with van der Waals surface area (Å²) in [4.78, 5) is 18.9. The van der Waals surface area contributed by atoms with Crippen LogP contribution in [0.2, 0.25) is 0 Å². The first kappa shape index (κ1) is 21.6. The van der Waals surface area contributed by atoms with Gasteiger partial charge in [-0.2, -0.15) is 15.1 Å². The quantitative estimate of drug-likeness (QED) is 0.671. The van der Waals surface area contributed by atoms with Gasteiger partial charge in [-0.1, -0.05) is 0 Å². The molecule has 0 unspecified atom stereocenters. The lowest BCUT2D eigenvalue weighted by atomic mass is 10.2. The number of aromatic nitrogens is 3. The van der Waals surface area contributed by atoms with Crippen LogP contribution in [-0.4, -0.2) is 85.3 Å².